The average Bonchev–Trinajstić information content (AvgIpc) is 2.45. The maximum atomic E-state index is 12.3. The third-order valence-corrected chi connectivity index (χ3v) is 5.13. The number of aliphatic imine (C=N–C) groups is 1. The number of carbonyl (C=O) groups is 1. The van der Waals surface area contributed by atoms with E-state index in [9.17, 15) is 4.79 Å². The highest BCUT2D eigenvalue weighted by atomic mass is 35.5. The minimum absolute atomic E-state index is 0.272. The fourth-order valence-corrected chi connectivity index (χ4v) is 3.92. The van der Waals surface area contributed by atoms with E-state index in [-0.39, 0.29) is 11.5 Å². The molecule has 0 spiro atoms. The second-order valence-electron chi connectivity index (χ2n) is 4.10. The Hall–Kier alpha value is -0.360. The summed E-state index contributed by atoms with van der Waals surface area (Å²) < 4.78 is 0. The molecular weight excluding hydrogens is 335 g/mol. The van der Waals surface area contributed by atoms with Crippen LogP contribution in [0.2, 0.25) is 10.0 Å². The molecule has 0 N–H and O–H groups in total. The van der Waals surface area contributed by atoms with E-state index in [1.807, 2.05) is 18.0 Å². The minimum Gasteiger partial charge on any atom is -0.349 e. The zero-order chi connectivity index (χ0) is 14.5. The van der Waals surface area contributed by atoms with Crippen LogP contribution in [0, 0.1) is 0 Å². The lowest BCUT2D eigenvalue weighted by Crippen LogP contribution is -2.36. The quantitative estimate of drug-likeness (QED) is 0.569. The van der Waals surface area contributed by atoms with Gasteiger partial charge in [0.05, 0.1) is 15.6 Å². The van der Waals surface area contributed by atoms with Crippen LogP contribution in [-0.4, -0.2) is 46.8 Å². The number of hydrogen-bond donors (Lipinski definition) is 0. The molecule has 1 aromatic rings. The normalized spacial score (nSPS) is 16.4. The molecule has 1 heterocycles. The molecule has 1 saturated heterocycles. The van der Waals surface area contributed by atoms with Crippen LogP contribution >= 0.6 is 46.7 Å². The van der Waals surface area contributed by atoms with Gasteiger partial charge in [-0.3, -0.25) is 4.79 Å². The Balaban J connectivity index is 2.25. The van der Waals surface area contributed by atoms with E-state index in [1.165, 1.54) is 11.8 Å². The van der Waals surface area contributed by atoms with Gasteiger partial charge in [-0.1, -0.05) is 41.0 Å². The first-order valence-corrected chi connectivity index (χ1v) is 9.20. The van der Waals surface area contributed by atoms with E-state index in [0.717, 1.165) is 29.8 Å². The van der Waals surface area contributed by atoms with Crippen molar-refractivity contribution in [3.8, 4) is 0 Å². The fourth-order valence-electron chi connectivity index (χ4n) is 1.84. The fraction of sp³-hybridized carbons (Fsp3) is 0.385. The van der Waals surface area contributed by atoms with Crippen LogP contribution in [0.4, 0.5) is 0 Å². The van der Waals surface area contributed by atoms with E-state index < -0.39 is 0 Å². The van der Waals surface area contributed by atoms with E-state index >= 15 is 0 Å². The molecule has 0 saturated carbocycles. The smallest absolute Gasteiger partial charge is 0.282 e. The van der Waals surface area contributed by atoms with Crippen molar-refractivity contribution in [2.75, 3.05) is 30.9 Å². The summed E-state index contributed by atoms with van der Waals surface area (Å²) in [5, 5.41) is 1.40. The Morgan fingerprint density at radius 3 is 2.45 bits per heavy atom. The highest BCUT2D eigenvalue weighted by Gasteiger charge is 2.19. The second kappa shape index (κ2) is 7.59. The summed E-state index contributed by atoms with van der Waals surface area (Å²) in [4.78, 5) is 18.6. The molecule has 2 rings (SSSR count). The number of nitrogens with zero attached hydrogens (tertiary/aromatic N) is 2. The van der Waals surface area contributed by atoms with Crippen LogP contribution in [0.5, 0.6) is 0 Å². The number of halogens is 2. The van der Waals surface area contributed by atoms with Gasteiger partial charge in [-0.05, 0) is 18.4 Å². The third kappa shape index (κ3) is 3.85. The zero-order valence-corrected chi connectivity index (χ0v) is 14.1. The topological polar surface area (TPSA) is 32.7 Å². The maximum absolute atomic E-state index is 12.3. The molecule has 0 unspecified atom stereocenters. The SMILES string of the molecule is CSC(=NC(=O)c1c(Cl)cccc1Cl)N1CCSCC1. The predicted molar refractivity (Wildman–Crippen MR) is 90.6 cm³/mol. The molecular formula is C13H14Cl2N2OS2. The first-order chi connectivity index (χ1) is 9.63. The van der Waals surface area contributed by atoms with Crippen molar-refractivity contribution in [2.45, 2.75) is 0 Å². The molecule has 1 aliphatic heterocycles. The number of amides is 1. The van der Waals surface area contributed by atoms with Gasteiger partial charge in [0, 0.05) is 24.6 Å². The molecule has 1 aromatic carbocycles. The lowest BCUT2D eigenvalue weighted by molar-refractivity contribution is 0.100. The van der Waals surface area contributed by atoms with Gasteiger partial charge >= 0.3 is 0 Å². The Morgan fingerprint density at radius 2 is 1.90 bits per heavy atom. The molecule has 1 amide bonds. The molecule has 1 aliphatic rings. The standard InChI is InChI=1S/C13H14Cl2N2OS2/c1-19-13(17-5-7-20-8-6-17)16-12(18)11-9(14)3-2-4-10(11)15/h2-4H,5-8H2,1H3. The molecule has 0 atom stereocenters. The number of thioether (sulfide) groups is 2. The van der Waals surface area contributed by atoms with Crippen LogP contribution in [0.1, 0.15) is 10.4 Å². The van der Waals surface area contributed by atoms with Gasteiger partial charge in [-0.2, -0.15) is 16.8 Å². The monoisotopic (exact) mass is 348 g/mol. The van der Waals surface area contributed by atoms with Gasteiger partial charge in [0.2, 0.25) is 0 Å². The largest absolute Gasteiger partial charge is 0.349 e. The van der Waals surface area contributed by atoms with Gasteiger partial charge < -0.3 is 4.90 Å². The van der Waals surface area contributed by atoms with E-state index in [4.69, 9.17) is 23.2 Å². The molecule has 0 aromatic heterocycles. The molecule has 0 radical (unpaired) electrons. The van der Waals surface area contributed by atoms with E-state index in [1.54, 1.807) is 18.2 Å². The van der Waals surface area contributed by atoms with Crippen molar-refractivity contribution in [1.29, 1.82) is 0 Å². The Kier molecular flexibility index (Phi) is 6.08. The number of rotatable bonds is 1. The second-order valence-corrected chi connectivity index (χ2v) is 6.91. The number of carbonyl (C=O) groups excluding carboxylic acids is 1. The summed E-state index contributed by atoms with van der Waals surface area (Å²) in [6.07, 6.45) is 1.92. The number of hydrogen-bond acceptors (Lipinski definition) is 3. The Labute approximate surface area is 137 Å². The van der Waals surface area contributed by atoms with Gasteiger partial charge in [0.25, 0.3) is 5.91 Å². The Morgan fingerprint density at radius 1 is 1.30 bits per heavy atom. The average molecular weight is 349 g/mol. The van der Waals surface area contributed by atoms with E-state index in [0.29, 0.717) is 10.0 Å². The van der Waals surface area contributed by atoms with Crippen LogP contribution in [-0.2, 0) is 0 Å². The van der Waals surface area contributed by atoms with Crippen LogP contribution < -0.4 is 0 Å². The highest BCUT2D eigenvalue weighted by Crippen LogP contribution is 2.25. The zero-order valence-electron chi connectivity index (χ0n) is 10.9. The highest BCUT2D eigenvalue weighted by molar-refractivity contribution is 8.13. The molecule has 0 aliphatic carbocycles. The van der Waals surface area contributed by atoms with Gasteiger partial charge in [0.15, 0.2) is 5.17 Å². The Bertz CT molecular complexity index is 511. The van der Waals surface area contributed by atoms with Crippen LogP contribution in [0.25, 0.3) is 0 Å². The van der Waals surface area contributed by atoms with Gasteiger partial charge in [-0.15, -0.1) is 0 Å². The first kappa shape index (κ1) is 16.0. The van der Waals surface area contributed by atoms with Crippen molar-refractivity contribution in [1.82, 2.24) is 4.90 Å². The first-order valence-electron chi connectivity index (χ1n) is 6.07. The van der Waals surface area contributed by atoms with Crippen molar-refractivity contribution in [3.05, 3.63) is 33.8 Å². The summed E-state index contributed by atoms with van der Waals surface area (Å²) in [5.74, 6) is 1.73. The van der Waals surface area contributed by atoms with Gasteiger partial charge in [0.1, 0.15) is 0 Å². The molecule has 20 heavy (non-hydrogen) atoms. The summed E-state index contributed by atoms with van der Waals surface area (Å²) in [6, 6.07) is 5.00. The molecule has 0 bridgehead atoms. The lowest BCUT2D eigenvalue weighted by atomic mass is 10.2. The third-order valence-electron chi connectivity index (χ3n) is 2.84. The summed E-state index contributed by atoms with van der Waals surface area (Å²) in [7, 11) is 0. The number of amidine groups is 1. The summed E-state index contributed by atoms with van der Waals surface area (Å²) in [5.41, 5.74) is 0.272. The van der Waals surface area contributed by atoms with Crippen LogP contribution in [0.15, 0.2) is 23.2 Å². The maximum Gasteiger partial charge on any atom is 0.282 e. The molecule has 108 valence electrons. The lowest BCUT2D eigenvalue weighted by Gasteiger charge is -2.28. The van der Waals surface area contributed by atoms with E-state index in [2.05, 4.69) is 9.89 Å². The predicted octanol–water partition coefficient (Wildman–Crippen LogP) is 3.90. The van der Waals surface area contributed by atoms with Crippen molar-refractivity contribution in [3.63, 3.8) is 0 Å². The minimum atomic E-state index is -0.386. The van der Waals surface area contributed by atoms with Crippen LogP contribution in [0.3, 0.4) is 0 Å². The summed E-state index contributed by atoms with van der Waals surface area (Å²) >= 11 is 15.5. The number of benzene rings is 1. The molecule has 1 fully saturated rings. The van der Waals surface area contributed by atoms with Crippen molar-refractivity contribution >= 4 is 57.8 Å². The van der Waals surface area contributed by atoms with Gasteiger partial charge in [-0.25, -0.2) is 0 Å². The van der Waals surface area contributed by atoms with Crippen molar-refractivity contribution in [2.24, 2.45) is 4.99 Å². The summed E-state index contributed by atoms with van der Waals surface area (Å²) in [6.45, 7) is 1.82. The molecule has 3 nitrogen and oxygen atoms in total. The van der Waals surface area contributed by atoms with Crippen molar-refractivity contribution < 1.29 is 4.79 Å². The molecule has 7 heteroatoms.